The maximum Gasteiger partial charge on any atom is 0.123 e. The average molecular weight is 387 g/mol. The first-order valence-corrected chi connectivity index (χ1v) is 10.0. The summed E-state index contributed by atoms with van der Waals surface area (Å²) < 4.78 is 19.7. The number of halogens is 1. The first-order valence-electron chi connectivity index (χ1n) is 8.41. The highest BCUT2D eigenvalue weighted by Gasteiger charge is 2.24. The number of aromatic nitrogens is 1. The first kappa shape index (κ1) is 17.7. The number of ether oxygens (including phenoxy) is 1. The number of rotatable bonds is 5. The lowest BCUT2D eigenvalue weighted by molar-refractivity contribution is 0.105. The maximum absolute atomic E-state index is 13.9. The third kappa shape index (κ3) is 3.55. The zero-order valence-corrected chi connectivity index (χ0v) is 16.3. The van der Waals surface area contributed by atoms with E-state index < -0.39 is 0 Å². The van der Waals surface area contributed by atoms with E-state index in [-0.39, 0.29) is 5.82 Å². The van der Waals surface area contributed by atoms with Gasteiger partial charge in [-0.1, -0.05) is 30.0 Å². The zero-order valence-electron chi connectivity index (χ0n) is 14.7. The Balaban J connectivity index is 1.73. The van der Waals surface area contributed by atoms with Gasteiger partial charge < -0.3 is 9.64 Å². The van der Waals surface area contributed by atoms with E-state index in [2.05, 4.69) is 17.0 Å². The van der Waals surface area contributed by atoms with Gasteiger partial charge in [0.1, 0.15) is 10.8 Å². The Bertz CT molecular complexity index is 939. The zero-order chi connectivity index (χ0) is 18.1. The molecule has 0 radical (unpaired) electrons. The molecule has 0 aliphatic carbocycles. The van der Waals surface area contributed by atoms with Gasteiger partial charge >= 0.3 is 0 Å². The van der Waals surface area contributed by atoms with Crippen LogP contribution in [0.2, 0.25) is 0 Å². The molecule has 0 N–H and O–H groups in total. The fraction of sp³-hybridized carbons (Fsp3) is 0.250. The molecule has 1 aliphatic rings. The van der Waals surface area contributed by atoms with Gasteiger partial charge in [-0.2, -0.15) is 0 Å². The van der Waals surface area contributed by atoms with Gasteiger partial charge in [0, 0.05) is 27.5 Å². The first-order chi connectivity index (χ1) is 12.6. The molecule has 3 nitrogen and oxygen atoms in total. The summed E-state index contributed by atoms with van der Waals surface area (Å²) in [5, 5.41) is 0.922. The van der Waals surface area contributed by atoms with E-state index in [4.69, 9.17) is 9.72 Å². The van der Waals surface area contributed by atoms with Crippen molar-refractivity contribution in [1.82, 2.24) is 9.88 Å². The summed E-state index contributed by atoms with van der Waals surface area (Å²) in [6.45, 7) is 2.01. The molecule has 0 saturated heterocycles. The van der Waals surface area contributed by atoms with Crippen LogP contribution < -0.4 is 0 Å². The van der Waals surface area contributed by atoms with E-state index in [1.807, 2.05) is 32.3 Å². The van der Waals surface area contributed by atoms with Crippen LogP contribution in [0.4, 0.5) is 4.39 Å². The van der Waals surface area contributed by atoms with E-state index in [1.165, 1.54) is 11.0 Å². The molecule has 0 bridgehead atoms. The van der Waals surface area contributed by atoms with Crippen LogP contribution in [0.5, 0.6) is 0 Å². The topological polar surface area (TPSA) is 25.4 Å². The summed E-state index contributed by atoms with van der Waals surface area (Å²) in [6, 6.07) is 13.2. The minimum absolute atomic E-state index is 0.238. The van der Waals surface area contributed by atoms with Crippen LogP contribution in [0.15, 0.2) is 52.3 Å². The fourth-order valence-corrected chi connectivity index (χ4v) is 5.02. The maximum atomic E-state index is 13.9. The van der Waals surface area contributed by atoms with Crippen LogP contribution in [0, 0.1) is 5.82 Å². The van der Waals surface area contributed by atoms with Gasteiger partial charge in [0.05, 0.1) is 23.8 Å². The fourth-order valence-electron chi connectivity index (χ4n) is 2.84. The van der Waals surface area contributed by atoms with Crippen molar-refractivity contribution in [3.8, 4) is 21.7 Å². The number of likely N-dealkylation sites (N-methyl/N-ethyl adjacent to an activating group) is 1. The molecule has 0 unspecified atom stereocenters. The highest BCUT2D eigenvalue weighted by Crippen LogP contribution is 2.49. The van der Waals surface area contributed by atoms with Gasteiger partial charge in [-0.05, 0) is 38.4 Å². The van der Waals surface area contributed by atoms with Crippen molar-refractivity contribution in [2.75, 3.05) is 27.2 Å². The molecule has 26 heavy (non-hydrogen) atoms. The van der Waals surface area contributed by atoms with E-state index in [0.29, 0.717) is 13.2 Å². The molecular weight excluding hydrogens is 367 g/mol. The number of hydrogen-bond acceptors (Lipinski definition) is 5. The summed E-state index contributed by atoms with van der Waals surface area (Å²) in [5.41, 5.74) is 2.87. The quantitative estimate of drug-likeness (QED) is 0.443. The van der Waals surface area contributed by atoms with E-state index in [0.717, 1.165) is 38.1 Å². The van der Waals surface area contributed by atoms with Gasteiger partial charge in [0.25, 0.3) is 0 Å². The second-order valence-electron chi connectivity index (χ2n) is 6.38. The van der Waals surface area contributed by atoms with Crippen LogP contribution in [0.3, 0.4) is 0 Å². The molecule has 134 valence electrons. The lowest BCUT2D eigenvalue weighted by Crippen LogP contribution is -2.17. The minimum atomic E-state index is -0.238. The van der Waals surface area contributed by atoms with E-state index in [1.54, 1.807) is 29.2 Å². The number of nitrogens with zero attached hydrogens (tertiary/aromatic N) is 2. The average Bonchev–Trinajstić information content (AvgIpc) is 2.99. The van der Waals surface area contributed by atoms with Gasteiger partial charge in [0.15, 0.2) is 0 Å². The number of thiazole rings is 1. The monoisotopic (exact) mass is 386 g/mol. The summed E-state index contributed by atoms with van der Waals surface area (Å²) in [4.78, 5) is 10.2. The Kier molecular flexibility index (Phi) is 5.09. The van der Waals surface area contributed by atoms with Crippen molar-refractivity contribution >= 4 is 23.1 Å². The third-order valence-corrected chi connectivity index (χ3v) is 6.34. The lowest BCUT2D eigenvalue weighted by atomic mass is 10.1. The number of hydrogen-bond donors (Lipinski definition) is 0. The van der Waals surface area contributed by atoms with Crippen molar-refractivity contribution in [3.63, 3.8) is 0 Å². The van der Waals surface area contributed by atoms with Gasteiger partial charge in [-0.25, -0.2) is 9.37 Å². The van der Waals surface area contributed by atoms with Crippen LogP contribution in [-0.2, 0) is 11.3 Å². The molecule has 2 heterocycles. The summed E-state index contributed by atoms with van der Waals surface area (Å²) in [6.07, 6.45) is 0. The lowest BCUT2D eigenvalue weighted by Gasteiger charge is -2.08. The molecule has 0 amide bonds. The minimum Gasteiger partial charge on any atom is -0.373 e. The normalized spacial score (nSPS) is 12.5. The Morgan fingerprint density at radius 3 is 2.73 bits per heavy atom. The molecule has 6 heteroatoms. The van der Waals surface area contributed by atoms with Crippen molar-refractivity contribution in [2.45, 2.75) is 16.4 Å². The molecule has 0 fully saturated rings. The van der Waals surface area contributed by atoms with E-state index >= 15 is 0 Å². The van der Waals surface area contributed by atoms with Crippen LogP contribution in [0.25, 0.3) is 21.7 Å². The second kappa shape index (κ2) is 7.48. The van der Waals surface area contributed by atoms with Crippen molar-refractivity contribution in [1.29, 1.82) is 0 Å². The van der Waals surface area contributed by atoms with Crippen LogP contribution in [-0.4, -0.2) is 37.1 Å². The van der Waals surface area contributed by atoms with Crippen molar-refractivity contribution in [3.05, 3.63) is 53.3 Å². The van der Waals surface area contributed by atoms with Crippen molar-refractivity contribution in [2.24, 2.45) is 0 Å². The van der Waals surface area contributed by atoms with Crippen molar-refractivity contribution < 1.29 is 9.13 Å². The Morgan fingerprint density at radius 2 is 1.88 bits per heavy atom. The smallest absolute Gasteiger partial charge is 0.123 e. The summed E-state index contributed by atoms with van der Waals surface area (Å²) >= 11 is 3.30. The highest BCUT2D eigenvalue weighted by atomic mass is 32.2. The molecule has 3 aromatic rings. The Labute approximate surface area is 160 Å². The molecule has 0 spiro atoms. The molecule has 0 atom stereocenters. The van der Waals surface area contributed by atoms with Crippen LogP contribution in [0.1, 0.15) is 5.01 Å². The molecule has 1 aliphatic heterocycles. The standard InChI is InChI=1S/C20H19FN2OS2/c1-23(2)9-10-24-12-18-22-19-15-11-13(21)7-8-17(15)25-16-6-4-3-5-14(16)20(19)26-18/h3-8,11H,9-10,12H2,1-2H3. The molecular formula is C20H19FN2OS2. The molecule has 2 aromatic carbocycles. The predicted octanol–water partition coefficient (Wildman–Crippen LogP) is 5.16. The Hall–Kier alpha value is -1.73. The second-order valence-corrected chi connectivity index (χ2v) is 8.55. The number of benzene rings is 2. The largest absolute Gasteiger partial charge is 0.373 e. The van der Waals surface area contributed by atoms with Gasteiger partial charge in [0.2, 0.25) is 0 Å². The summed E-state index contributed by atoms with van der Waals surface area (Å²) in [7, 11) is 4.05. The molecule has 4 rings (SSSR count). The highest BCUT2D eigenvalue weighted by molar-refractivity contribution is 7.99. The van der Waals surface area contributed by atoms with E-state index in [9.17, 15) is 4.39 Å². The molecule has 0 saturated carbocycles. The van der Waals surface area contributed by atoms with Gasteiger partial charge in [-0.3, -0.25) is 0 Å². The number of fused-ring (bicyclic) bond motifs is 5. The predicted molar refractivity (Wildman–Crippen MR) is 105 cm³/mol. The van der Waals surface area contributed by atoms with Gasteiger partial charge in [-0.15, -0.1) is 11.3 Å². The third-order valence-electron chi connectivity index (χ3n) is 4.13. The Morgan fingerprint density at radius 1 is 1.08 bits per heavy atom. The van der Waals surface area contributed by atoms with Crippen LogP contribution >= 0.6 is 23.1 Å². The molecule has 1 aromatic heterocycles. The SMILES string of the molecule is CN(C)CCOCc1nc2c(s1)-c1ccccc1Sc1ccc(F)cc1-2. The summed E-state index contributed by atoms with van der Waals surface area (Å²) in [5.74, 6) is -0.238.